The van der Waals surface area contributed by atoms with Crippen molar-refractivity contribution in [1.29, 1.82) is 0 Å². The Morgan fingerprint density at radius 3 is 2.55 bits per heavy atom. The van der Waals surface area contributed by atoms with Crippen molar-refractivity contribution in [2.24, 2.45) is 0 Å². The highest BCUT2D eigenvalue weighted by atomic mass is 79.9. The number of benzene rings is 2. The largest absolute Gasteiger partial charge is 0.335 e. The van der Waals surface area contributed by atoms with Crippen LogP contribution in [0.5, 0.6) is 0 Å². The van der Waals surface area contributed by atoms with Gasteiger partial charge in [0.25, 0.3) is 0 Å². The molecular weight excluding hydrogens is 347 g/mol. The van der Waals surface area contributed by atoms with Crippen LogP contribution in [0.3, 0.4) is 0 Å². The van der Waals surface area contributed by atoms with E-state index in [0.29, 0.717) is 10.0 Å². The number of hydrogen-bond acceptors (Lipinski definition) is 1. The third-order valence-electron chi connectivity index (χ3n) is 3.59. The van der Waals surface area contributed by atoms with Gasteiger partial charge in [0, 0.05) is 16.1 Å². The van der Waals surface area contributed by atoms with Gasteiger partial charge in [-0.1, -0.05) is 52.3 Å². The fraction of sp³-hybridized carbons (Fsp3) is 0.235. The third kappa shape index (κ3) is 3.65. The predicted octanol–water partition coefficient (Wildman–Crippen LogP) is 4.14. The van der Waals surface area contributed by atoms with Crippen molar-refractivity contribution in [2.45, 2.75) is 24.9 Å². The molecule has 5 heteroatoms. The first-order valence-electron chi connectivity index (χ1n) is 7.20. The van der Waals surface area contributed by atoms with Gasteiger partial charge in [-0.05, 0) is 30.5 Å². The van der Waals surface area contributed by atoms with Crippen LogP contribution in [0.1, 0.15) is 30.0 Å². The first-order valence-corrected chi connectivity index (χ1v) is 8.00. The van der Waals surface area contributed by atoms with Crippen molar-refractivity contribution in [3.63, 3.8) is 0 Å². The molecule has 0 aliphatic heterocycles. The number of urea groups is 1. The maximum Gasteiger partial charge on any atom is 0.315 e. The molecule has 0 saturated heterocycles. The fourth-order valence-corrected chi connectivity index (χ4v) is 2.64. The monoisotopic (exact) mass is 362 g/mol. The standard InChI is InChI=1S/C17H16BrFN2O/c18-12-6-9-14(15(19)10-12)16(11-4-2-1-3-5-11)21-17(22)20-13-7-8-13/h1-6,9-10,13,16H,7-8H2,(H2,20,21,22)/t16-/m0/s1. The normalized spacial score (nSPS) is 15.2. The molecule has 2 amide bonds. The van der Waals surface area contributed by atoms with Crippen LogP contribution in [0.2, 0.25) is 0 Å². The molecule has 0 heterocycles. The van der Waals surface area contributed by atoms with E-state index in [1.54, 1.807) is 12.1 Å². The van der Waals surface area contributed by atoms with Gasteiger partial charge in [0.15, 0.2) is 0 Å². The summed E-state index contributed by atoms with van der Waals surface area (Å²) in [7, 11) is 0. The molecule has 22 heavy (non-hydrogen) atoms. The maximum absolute atomic E-state index is 14.3. The molecule has 0 unspecified atom stereocenters. The molecule has 3 rings (SSSR count). The van der Waals surface area contributed by atoms with Gasteiger partial charge in [-0.25, -0.2) is 9.18 Å². The van der Waals surface area contributed by atoms with Gasteiger partial charge in [0.1, 0.15) is 5.82 Å². The minimum atomic E-state index is -0.520. The summed E-state index contributed by atoms with van der Waals surface area (Å²) in [6.45, 7) is 0. The molecule has 2 aromatic rings. The van der Waals surface area contributed by atoms with Crippen LogP contribution in [0.25, 0.3) is 0 Å². The highest BCUT2D eigenvalue weighted by Crippen LogP contribution is 2.27. The summed E-state index contributed by atoms with van der Waals surface area (Å²) in [6, 6.07) is 13.7. The molecule has 1 fully saturated rings. The SMILES string of the molecule is O=C(NC1CC1)N[C@@H](c1ccccc1)c1ccc(Br)cc1F. The molecule has 1 aliphatic carbocycles. The van der Waals surface area contributed by atoms with Crippen molar-refractivity contribution in [3.05, 3.63) is 69.9 Å². The third-order valence-corrected chi connectivity index (χ3v) is 4.09. The van der Waals surface area contributed by atoms with Crippen molar-refractivity contribution >= 4 is 22.0 Å². The summed E-state index contributed by atoms with van der Waals surface area (Å²) >= 11 is 3.25. The summed E-state index contributed by atoms with van der Waals surface area (Å²) in [6.07, 6.45) is 2.02. The molecule has 0 spiro atoms. The number of carbonyl (C=O) groups is 1. The zero-order valence-corrected chi connectivity index (χ0v) is 13.4. The van der Waals surface area contributed by atoms with Gasteiger partial charge in [-0.15, -0.1) is 0 Å². The Morgan fingerprint density at radius 2 is 1.91 bits per heavy atom. The lowest BCUT2D eigenvalue weighted by atomic mass is 9.98. The lowest BCUT2D eigenvalue weighted by Crippen LogP contribution is -2.39. The predicted molar refractivity (Wildman–Crippen MR) is 87.1 cm³/mol. The molecule has 1 saturated carbocycles. The Hall–Kier alpha value is -1.88. The van der Waals surface area contributed by atoms with Crippen molar-refractivity contribution in [2.75, 3.05) is 0 Å². The van der Waals surface area contributed by atoms with Gasteiger partial charge < -0.3 is 10.6 Å². The Balaban J connectivity index is 1.89. The quantitative estimate of drug-likeness (QED) is 0.842. The smallest absolute Gasteiger partial charge is 0.315 e. The van der Waals surface area contributed by atoms with E-state index in [4.69, 9.17) is 0 Å². The van der Waals surface area contributed by atoms with E-state index < -0.39 is 6.04 Å². The maximum atomic E-state index is 14.3. The minimum absolute atomic E-state index is 0.256. The summed E-state index contributed by atoms with van der Waals surface area (Å²) in [4.78, 5) is 12.1. The molecular formula is C17H16BrFN2O. The summed E-state index contributed by atoms with van der Waals surface area (Å²) in [5.74, 6) is -0.352. The van der Waals surface area contributed by atoms with E-state index in [1.165, 1.54) is 6.07 Å². The second-order valence-electron chi connectivity index (χ2n) is 5.40. The Morgan fingerprint density at radius 1 is 1.18 bits per heavy atom. The van der Waals surface area contributed by atoms with Crippen LogP contribution < -0.4 is 10.6 Å². The summed E-state index contributed by atoms with van der Waals surface area (Å²) < 4.78 is 15.0. The zero-order valence-electron chi connectivity index (χ0n) is 11.9. The van der Waals surface area contributed by atoms with E-state index in [2.05, 4.69) is 26.6 Å². The average Bonchev–Trinajstić information content (AvgIpc) is 3.30. The molecule has 114 valence electrons. The van der Waals surface area contributed by atoms with Crippen LogP contribution in [0, 0.1) is 5.82 Å². The molecule has 2 aromatic carbocycles. The van der Waals surface area contributed by atoms with E-state index in [1.807, 2.05) is 30.3 Å². The molecule has 0 bridgehead atoms. The molecule has 2 N–H and O–H groups in total. The number of hydrogen-bond donors (Lipinski definition) is 2. The summed E-state index contributed by atoms with van der Waals surface area (Å²) in [5, 5.41) is 5.75. The van der Waals surface area contributed by atoms with Crippen molar-refractivity contribution < 1.29 is 9.18 Å². The van der Waals surface area contributed by atoms with E-state index in [9.17, 15) is 9.18 Å². The van der Waals surface area contributed by atoms with Gasteiger partial charge in [-0.3, -0.25) is 0 Å². The Labute approximate surface area is 137 Å². The number of rotatable bonds is 4. The van der Waals surface area contributed by atoms with Crippen LogP contribution in [0.4, 0.5) is 9.18 Å². The topological polar surface area (TPSA) is 41.1 Å². The Kier molecular flexibility index (Phi) is 4.43. The average molecular weight is 363 g/mol. The number of amides is 2. The first kappa shape index (κ1) is 15.0. The van der Waals surface area contributed by atoms with Crippen LogP contribution in [0.15, 0.2) is 53.0 Å². The van der Waals surface area contributed by atoms with E-state index in [-0.39, 0.29) is 17.9 Å². The Bertz CT molecular complexity index is 674. The van der Waals surface area contributed by atoms with Crippen molar-refractivity contribution in [3.8, 4) is 0 Å². The van der Waals surface area contributed by atoms with Gasteiger partial charge >= 0.3 is 6.03 Å². The highest BCUT2D eigenvalue weighted by molar-refractivity contribution is 9.10. The van der Waals surface area contributed by atoms with Crippen LogP contribution in [-0.2, 0) is 0 Å². The van der Waals surface area contributed by atoms with Crippen LogP contribution in [-0.4, -0.2) is 12.1 Å². The summed E-state index contributed by atoms with van der Waals surface area (Å²) in [5.41, 5.74) is 1.29. The minimum Gasteiger partial charge on any atom is -0.335 e. The second-order valence-corrected chi connectivity index (χ2v) is 6.32. The molecule has 3 nitrogen and oxygen atoms in total. The molecule has 0 radical (unpaired) electrons. The highest BCUT2D eigenvalue weighted by Gasteiger charge is 2.26. The molecule has 0 aromatic heterocycles. The lowest BCUT2D eigenvalue weighted by molar-refractivity contribution is 0.238. The van der Waals surface area contributed by atoms with E-state index in [0.717, 1.165) is 18.4 Å². The zero-order chi connectivity index (χ0) is 15.5. The number of carbonyl (C=O) groups excluding carboxylic acids is 1. The number of nitrogens with one attached hydrogen (secondary N) is 2. The fourth-order valence-electron chi connectivity index (χ4n) is 2.31. The second kappa shape index (κ2) is 6.48. The molecule has 1 aliphatic rings. The van der Waals surface area contributed by atoms with Crippen molar-refractivity contribution in [1.82, 2.24) is 10.6 Å². The van der Waals surface area contributed by atoms with Crippen LogP contribution >= 0.6 is 15.9 Å². The lowest BCUT2D eigenvalue weighted by Gasteiger charge is -2.21. The van der Waals surface area contributed by atoms with Gasteiger partial charge in [0.05, 0.1) is 6.04 Å². The first-order chi connectivity index (χ1) is 10.6. The molecule has 1 atom stereocenters. The van der Waals surface area contributed by atoms with Gasteiger partial charge in [-0.2, -0.15) is 0 Å². The van der Waals surface area contributed by atoms with Gasteiger partial charge in [0.2, 0.25) is 0 Å². The number of halogens is 2. The van der Waals surface area contributed by atoms with E-state index >= 15 is 0 Å².